The van der Waals surface area contributed by atoms with E-state index < -0.39 is 29.3 Å². The summed E-state index contributed by atoms with van der Waals surface area (Å²) in [6.45, 7) is 5.11. The highest BCUT2D eigenvalue weighted by atomic mass is 19.1. The Morgan fingerprint density at radius 2 is 2.00 bits per heavy atom. The lowest BCUT2D eigenvalue weighted by Crippen LogP contribution is -2.48. The second kappa shape index (κ2) is 6.16. The summed E-state index contributed by atoms with van der Waals surface area (Å²) < 4.78 is 26.6. The van der Waals surface area contributed by atoms with Gasteiger partial charge in [0.15, 0.2) is 0 Å². The van der Waals surface area contributed by atoms with Crippen molar-refractivity contribution in [3.8, 4) is 0 Å². The van der Waals surface area contributed by atoms with Crippen molar-refractivity contribution in [2.24, 2.45) is 0 Å². The molecular weight excluding hydrogens is 339 g/mol. The predicted octanol–water partition coefficient (Wildman–Crippen LogP) is 3.69. The Balaban J connectivity index is 2.05. The van der Waals surface area contributed by atoms with Crippen LogP contribution in [0.2, 0.25) is 0 Å². The molecule has 2 aromatic rings. The van der Waals surface area contributed by atoms with Gasteiger partial charge in [0, 0.05) is 18.2 Å². The van der Waals surface area contributed by atoms with Gasteiger partial charge in [-0.25, -0.2) is 9.18 Å². The van der Waals surface area contributed by atoms with Gasteiger partial charge in [-0.3, -0.25) is 4.79 Å². The molecule has 1 aromatic carbocycles. The van der Waals surface area contributed by atoms with E-state index in [9.17, 15) is 9.59 Å². The first kappa shape index (κ1) is 18.0. The molecule has 0 radical (unpaired) electrons. The number of ether oxygens (including phenoxy) is 1. The Hall–Kier alpha value is -2.83. The number of nitrogens with zero attached hydrogens (tertiary/aromatic N) is 1. The zero-order valence-corrected chi connectivity index (χ0v) is 15.1. The highest BCUT2D eigenvalue weighted by Gasteiger charge is 2.57. The summed E-state index contributed by atoms with van der Waals surface area (Å²) in [5.41, 5.74) is -2.26. The monoisotopic (exact) mass is 360 g/mol. The molecule has 0 aliphatic carbocycles. The van der Waals surface area contributed by atoms with Gasteiger partial charge in [0.1, 0.15) is 11.6 Å². The van der Waals surface area contributed by atoms with Crippen LogP contribution in [0.4, 0.5) is 14.9 Å². The minimum atomic E-state index is -2.48. The minimum absolute atomic E-state index is 0.190. The van der Waals surface area contributed by atoms with Gasteiger partial charge in [-0.2, -0.15) is 0 Å². The largest absolute Gasteiger partial charge is 0.472 e. The summed E-state index contributed by atoms with van der Waals surface area (Å²) in [5, 5.41) is 2.51. The maximum absolute atomic E-state index is 16.3. The molecule has 26 heavy (non-hydrogen) atoms. The van der Waals surface area contributed by atoms with E-state index in [0.717, 1.165) is 0 Å². The highest BCUT2D eigenvalue weighted by Crippen LogP contribution is 2.49. The normalized spacial score (nSPS) is 20.7. The molecule has 0 bridgehead atoms. The second-order valence-electron chi connectivity index (χ2n) is 7.23. The molecular formula is C19H21FN2O4. The number of nitrogens with one attached hydrogen (secondary N) is 1. The minimum Gasteiger partial charge on any atom is -0.472 e. The van der Waals surface area contributed by atoms with Crippen LogP contribution in [-0.4, -0.2) is 24.6 Å². The maximum atomic E-state index is 16.3. The van der Waals surface area contributed by atoms with Gasteiger partial charge in [-0.1, -0.05) is 18.2 Å². The first-order chi connectivity index (χ1) is 12.1. The third-order valence-corrected chi connectivity index (χ3v) is 4.21. The molecule has 1 N–H and O–H groups in total. The van der Waals surface area contributed by atoms with Gasteiger partial charge in [0.05, 0.1) is 18.2 Å². The van der Waals surface area contributed by atoms with E-state index in [2.05, 4.69) is 5.32 Å². The molecule has 1 unspecified atom stereocenters. The molecule has 7 heteroatoms. The summed E-state index contributed by atoms with van der Waals surface area (Å²) >= 11 is 0. The van der Waals surface area contributed by atoms with E-state index >= 15 is 4.39 Å². The molecule has 1 aliphatic heterocycles. The topological polar surface area (TPSA) is 71.8 Å². The smallest absolute Gasteiger partial charge is 0.408 e. The number of benzene rings is 1. The number of para-hydroxylation sites is 1. The molecule has 2 atom stereocenters. The van der Waals surface area contributed by atoms with Crippen molar-refractivity contribution < 1.29 is 23.1 Å². The molecule has 3 rings (SSSR count). The van der Waals surface area contributed by atoms with Crippen LogP contribution < -0.4 is 10.2 Å². The van der Waals surface area contributed by atoms with Gasteiger partial charge in [-0.05, 0) is 32.9 Å². The van der Waals surface area contributed by atoms with E-state index in [-0.39, 0.29) is 5.56 Å². The van der Waals surface area contributed by atoms with E-state index in [0.29, 0.717) is 11.3 Å². The third-order valence-electron chi connectivity index (χ3n) is 4.21. The molecule has 1 aromatic heterocycles. The molecule has 1 aliphatic rings. The lowest BCUT2D eigenvalue weighted by Gasteiger charge is -2.30. The quantitative estimate of drug-likeness (QED) is 0.906. The summed E-state index contributed by atoms with van der Waals surface area (Å²) in [6.07, 6.45) is 1.84. The number of alkyl carbamates (subject to hydrolysis) is 1. The average molecular weight is 360 g/mol. The van der Waals surface area contributed by atoms with Crippen LogP contribution in [0.15, 0.2) is 47.3 Å². The Bertz CT molecular complexity index is 828. The molecule has 0 saturated carbocycles. The second-order valence-corrected chi connectivity index (χ2v) is 7.23. The zero-order valence-electron chi connectivity index (χ0n) is 15.1. The molecule has 0 fully saturated rings. The first-order valence-electron chi connectivity index (χ1n) is 8.23. The number of halogens is 1. The van der Waals surface area contributed by atoms with E-state index in [1.165, 1.54) is 30.5 Å². The number of hydrogen-bond donors (Lipinski definition) is 1. The van der Waals surface area contributed by atoms with Crippen molar-refractivity contribution in [3.63, 3.8) is 0 Å². The van der Waals surface area contributed by atoms with Crippen LogP contribution in [-0.2, 0) is 15.2 Å². The number of anilines is 1. The summed E-state index contributed by atoms with van der Waals surface area (Å²) in [5.74, 6) is -0.763. The average Bonchev–Trinajstić information content (AvgIpc) is 3.15. The fraction of sp³-hybridized carbons (Fsp3) is 0.368. The Kier molecular flexibility index (Phi) is 4.26. The van der Waals surface area contributed by atoms with Crippen LogP contribution in [0.3, 0.4) is 0 Å². The number of fused-ring (bicyclic) bond motifs is 1. The lowest BCUT2D eigenvalue weighted by molar-refractivity contribution is -0.131. The van der Waals surface area contributed by atoms with Crippen LogP contribution >= 0.6 is 0 Å². The molecule has 2 amide bonds. The van der Waals surface area contributed by atoms with Crippen molar-refractivity contribution in [3.05, 3.63) is 54.0 Å². The fourth-order valence-corrected chi connectivity index (χ4v) is 3.10. The number of carbonyl (C=O) groups is 2. The molecule has 2 heterocycles. The van der Waals surface area contributed by atoms with Gasteiger partial charge in [0.2, 0.25) is 5.67 Å². The predicted molar refractivity (Wildman–Crippen MR) is 93.5 cm³/mol. The van der Waals surface area contributed by atoms with E-state index in [4.69, 9.17) is 9.15 Å². The fourth-order valence-electron chi connectivity index (χ4n) is 3.10. The molecule has 138 valence electrons. The van der Waals surface area contributed by atoms with Crippen molar-refractivity contribution in [1.29, 1.82) is 0 Å². The van der Waals surface area contributed by atoms with Crippen molar-refractivity contribution >= 4 is 17.7 Å². The third kappa shape index (κ3) is 2.94. The Morgan fingerprint density at radius 3 is 2.62 bits per heavy atom. The Morgan fingerprint density at radius 1 is 1.31 bits per heavy atom. The molecule has 0 spiro atoms. The van der Waals surface area contributed by atoms with Gasteiger partial charge < -0.3 is 19.4 Å². The van der Waals surface area contributed by atoms with Crippen molar-refractivity contribution in [2.45, 2.75) is 38.1 Å². The summed E-state index contributed by atoms with van der Waals surface area (Å²) in [4.78, 5) is 26.4. The first-order valence-corrected chi connectivity index (χ1v) is 8.23. The van der Waals surface area contributed by atoms with Crippen LogP contribution in [0.5, 0.6) is 0 Å². The van der Waals surface area contributed by atoms with Crippen LogP contribution in [0, 0.1) is 0 Å². The zero-order chi connectivity index (χ0) is 19.1. The number of carbonyl (C=O) groups excluding carboxylic acids is 2. The van der Waals surface area contributed by atoms with E-state index in [1.807, 2.05) is 0 Å². The number of alkyl halides is 1. The summed E-state index contributed by atoms with van der Waals surface area (Å²) in [7, 11) is 1.50. The summed E-state index contributed by atoms with van der Waals surface area (Å²) in [6, 6.07) is 6.80. The maximum Gasteiger partial charge on any atom is 0.408 e. The van der Waals surface area contributed by atoms with Crippen molar-refractivity contribution in [1.82, 2.24) is 5.32 Å². The van der Waals surface area contributed by atoms with Gasteiger partial charge >= 0.3 is 6.09 Å². The number of furan rings is 1. The Labute approximate surface area is 150 Å². The lowest BCUT2D eigenvalue weighted by atomic mass is 9.86. The van der Waals surface area contributed by atoms with Crippen molar-refractivity contribution in [2.75, 3.05) is 11.9 Å². The number of amides is 2. The van der Waals surface area contributed by atoms with Crippen LogP contribution in [0.25, 0.3) is 0 Å². The van der Waals surface area contributed by atoms with Gasteiger partial charge in [0.25, 0.3) is 5.91 Å². The van der Waals surface area contributed by atoms with E-state index in [1.54, 1.807) is 45.0 Å². The molecule has 0 saturated heterocycles. The highest BCUT2D eigenvalue weighted by molar-refractivity contribution is 6.07. The van der Waals surface area contributed by atoms with Gasteiger partial charge in [-0.15, -0.1) is 0 Å². The SMILES string of the molecule is CN1C(=O)[C@@](F)(C(NC(=O)OC(C)(C)C)c2ccoc2)c2ccccc21. The number of rotatable bonds is 3. The van der Waals surface area contributed by atoms with Crippen LogP contribution in [0.1, 0.15) is 37.9 Å². The number of likely N-dealkylation sites (N-methyl/N-ethyl adjacent to an activating group) is 1. The number of hydrogen-bond acceptors (Lipinski definition) is 4. The molecule has 6 nitrogen and oxygen atoms in total. The standard InChI is InChI=1S/C19H21FN2O4/c1-18(2,3)26-17(24)21-15(12-9-10-25-11-12)19(20)13-7-5-6-8-14(13)22(4)16(19)23/h5-11,15H,1-4H3,(H,21,24)/t15?,19-/m0/s1.